The molecule has 0 N–H and O–H groups in total. The van der Waals surface area contributed by atoms with Crippen molar-refractivity contribution < 1.29 is 18.3 Å². The van der Waals surface area contributed by atoms with Crippen LogP contribution in [0.1, 0.15) is 27.4 Å². The van der Waals surface area contributed by atoms with E-state index in [2.05, 4.69) is 4.90 Å². The van der Waals surface area contributed by atoms with E-state index in [0.29, 0.717) is 31.0 Å². The quantitative estimate of drug-likeness (QED) is 0.854. The second kappa shape index (κ2) is 7.27. The maximum atomic E-state index is 13.8. The van der Waals surface area contributed by atoms with Crippen molar-refractivity contribution in [1.82, 2.24) is 9.80 Å². The van der Waals surface area contributed by atoms with E-state index in [9.17, 15) is 9.18 Å². The molecular formula is C19H23FN2O3. The molecule has 1 aliphatic rings. The van der Waals surface area contributed by atoms with E-state index in [1.807, 2.05) is 24.8 Å². The van der Waals surface area contributed by atoms with Gasteiger partial charge in [0.25, 0.3) is 5.91 Å². The monoisotopic (exact) mass is 346 g/mol. The lowest BCUT2D eigenvalue weighted by atomic mass is 10.1. The van der Waals surface area contributed by atoms with Crippen molar-refractivity contribution in [1.29, 1.82) is 0 Å². The zero-order chi connectivity index (χ0) is 18.0. The molecule has 2 aromatic rings. The first-order valence-corrected chi connectivity index (χ1v) is 8.39. The molecular weight excluding hydrogens is 323 g/mol. The van der Waals surface area contributed by atoms with Crippen LogP contribution in [0.15, 0.2) is 28.7 Å². The molecule has 0 spiro atoms. The highest BCUT2D eigenvalue weighted by atomic mass is 19.1. The summed E-state index contributed by atoms with van der Waals surface area (Å²) in [6.07, 6.45) is 0. The van der Waals surface area contributed by atoms with Crippen LogP contribution in [-0.2, 0) is 6.54 Å². The molecule has 1 aliphatic heterocycles. The Morgan fingerprint density at radius 1 is 1.20 bits per heavy atom. The van der Waals surface area contributed by atoms with Crippen molar-refractivity contribution in [2.24, 2.45) is 0 Å². The fourth-order valence-corrected chi connectivity index (χ4v) is 3.19. The third-order valence-corrected chi connectivity index (χ3v) is 4.55. The Balaban J connectivity index is 1.57. The number of amides is 1. The average molecular weight is 346 g/mol. The zero-order valence-corrected chi connectivity index (χ0v) is 14.8. The summed E-state index contributed by atoms with van der Waals surface area (Å²) in [6.45, 7) is 7.14. The molecule has 1 fully saturated rings. The number of nitrogens with zero attached hydrogens (tertiary/aromatic N) is 2. The molecule has 0 aliphatic carbocycles. The Bertz CT molecular complexity index is 764. The fourth-order valence-electron chi connectivity index (χ4n) is 3.19. The molecule has 0 saturated carbocycles. The minimum absolute atomic E-state index is 0.0180. The Morgan fingerprint density at radius 2 is 1.92 bits per heavy atom. The predicted molar refractivity (Wildman–Crippen MR) is 92.3 cm³/mol. The number of piperazine rings is 1. The summed E-state index contributed by atoms with van der Waals surface area (Å²) in [5.74, 6) is 1.34. The summed E-state index contributed by atoms with van der Waals surface area (Å²) >= 11 is 0. The maximum absolute atomic E-state index is 13.8. The van der Waals surface area contributed by atoms with Gasteiger partial charge in [-0.3, -0.25) is 9.69 Å². The van der Waals surface area contributed by atoms with Gasteiger partial charge in [-0.25, -0.2) is 4.39 Å². The van der Waals surface area contributed by atoms with Gasteiger partial charge in [0.2, 0.25) is 0 Å². The van der Waals surface area contributed by atoms with E-state index in [0.717, 1.165) is 24.4 Å². The summed E-state index contributed by atoms with van der Waals surface area (Å²) in [5.41, 5.74) is 1.54. The van der Waals surface area contributed by atoms with Crippen molar-refractivity contribution in [2.45, 2.75) is 20.4 Å². The summed E-state index contributed by atoms with van der Waals surface area (Å²) in [4.78, 5) is 16.7. The van der Waals surface area contributed by atoms with Crippen LogP contribution < -0.4 is 4.74 Å². The molecule has 5 nitrogen and oxygen atoms in total. The van der Waals surface area contributed by atoms with Crippen LogP contribution >= 0.6 is 0 Å². The Kier molecular flexibility index (Phi) is 5.08. The van der Waals surface area contributed by atoms with Gasteiger partial charge >= 0.3 is 0 Å². The van der Waals surface area contributed by atoms with E-state index in [1.54, 1.807) is 12.1 Å². The molecule has 25 heavy (non-hydrogen) atoms. The van der Waals surface area contributed by atoms with E-state index in [-0.39, 0.29) is 17.5 Å². The van der Waals surface area contributed by atoms with Gasteiger partial charge in [0.15, 0.2) is 11.6 Å². The van der Waals surface area contributed by atoms with Crippen LogP contribution in [-0.4, -0.2) is 49.0 Å². The molecule has 1 saturated heterocycles. The molecule has 0 bridgehead atoms. The number of halogens is 1. The van der Waals surface area contributed by atoms with Crippen molar-refractivity contribution in [3.05, 3.63) is 52.7 Å². The van der Waals surface area contributed by atoms with E-state index in [4.69, 9.17) is 9.15 Å². The molecule has 0 unspecified atom stereocenters. The number of rotatable bonds is 4. The minimum Gasteiger partial charge on any atom is -0.494 e. The van der Waals surface area contributed by atoms with Gasteiger partial charge in [0.05, 0.1) is 12.7 Å². The summed E-state index contributed by atoms with van der Waals surface area (Å²) in [7, 11) is 1.46. The highest BCUT2D eigenvalue weighted by molar-refractivity contribution is 5.95. The summed E-state index contributed by atoms with van der Waals surface area (Å²) in [6, 6.07) is 6.82. The van der Waals surface area contributed by atoms with Crippen LogP contribution in [0.3, 0.4) is 0 Å². The highest BCUT2D eigenvalue weighted by Crippen LogP contribution is 2.20. The fraction of sp³-hybridized carbons (Fsp3) is 0.421. The SMILES string of the molecule is COc1ccc(CN2CCN(C(=O)c3cc(C)oc3C)CC2)cc1F. The highest BCUT2D eigenvalue weighted by Gasteiger charge is 2.24. The second-order valence-electron chi connectivity index (χ2n) is 6.36. The van der Waals surface area contributed by atoms with Crippen LogP contribution in [0.5, 0.6) is 5.75 Å². The number of ether oxygens (including phenoxy) is 1. The lowest BCUT2D eigenvalue weighted by Crippen LogP contribution is -2.48. The normalized spacial score (nSPS) is 15.4. The van der Waals surface area contributed by atoms with Crippen LogP contribution in [0.25, 0.3) is 0 Å². The van der Waals surface area contributed by atoms with Gasteiger partial charge in [-0.15, -0.1) is 0 Å². The van der Waals surface area contributed by atoms with Gasteiger partial charge in [-0.05, 0) is 37.6 Å². The van der Waals surface area contributed by atoms with Crippen LogP contribution in [0.4, 0.5) is 4.39 Å². The first kappa shape index (κ1) is 17.5. The molecule has 1 aromatic carbocycles. The molecule has 0 radical (unpaired) electrons. The lowest BCUT2D eigenvalue weighted by molar-refractivity contribution is 0.0626. The molecule has 1 amide bonds. The number of carbonyl (C=O) groups is 1. The van der Waals surface area contributed by atoms with Gasteiger partial charge < -0.3 is 14.1 Å². The molecule has 6 heteroatoms. The summed E-state index contributed by atoms with van der Waals surface area (Å²) in [5, 5.41) is 0. The topological polar surface area (TPSA) is 45.9 Å². The largest absolute Gasteiger partial charge is 0.494 e. The standard InChI is InChI=1S/C19H23FN2O3/c1-13-10-16(14(2)25-13)19(23)22-8-6-21(7-9-22)12-15-4-5-18(24-3)17(20)11-15/h4-5,10-11H,6-9,12H2,1-3H3. The molecule has 134 valence electrons. The van der Waals surface area contributed by atoms with Crippen molar-refractivity contribution in [3.8, 4) is 5.75 Å². The Morgan fingerprint density at radius 3 is 2.48 bits per heavy atom. The first-order valence-electron chi connectivity index (χ1n) is 8.39. The predicted octanol–water partition coefficient (Wildman–Crippen LogP) is 3.00. The first-order chi connectivity index (χ1) is 12.0. The van der Waals surface area contributed by atoms with Gasteiger partial charge in [0.1, 0.15) is 11.5 Å². The van der Waals surface area contributed by atoms with Gasteiger partial charge in [-0.1, -0.05) is 6.07 Å². The number of carbonyl (C=O) groups excluding carboxylic acids is 1. The number of methoxy groups -OCH3 is 1. The van der Waals surface area contributed by atoms with Crippen molar-refractivity contribution in [3.63, 3.8) is 0 Å². The minimum atomic E-state index is -0.348. The van der Waals surface area contributed by atoms with E-state index >= 15 is 0 Å². The van der Waals surface area contributed by atoms with E-state index < -0.39 is 0 Å². The maximum Gasteiger partial charge on any atom is 0.257 e. The molecule has 2 heterocycles. The van der Waals surface area contributed by atoms with Crippen molar-refractivity contribution >= 4 is 5.91 Å². The van der Waals surface area contributed by atoms with Gasteiger partial charge in [-0.2, -0.15) is 0 Å². The lowest BCUT2D eigenvalue weighted by Gasteiger charge is -2.34. The summed E-state index contributed by atoms with van der Waals surface area (Å²) < 4.78 is 24.2. The zero-order valence-electron chi connectivity index (χ0n) is 14.8. The van der Waals surface area contributed by atoms with Crippen LogP contribution in [0, 0.1) is 19.7 Å². The third kappa shape index (κ3) is 3.85. The third-order valence-electron chi connectivity index (χ3n) is 4.55. The smallest absolute Gasteiger partial charge is 0.257 e. The van der Waals surface area contributed by atoms with Crippen LogP contribution in [0.2, 0.25) is 0 Å². The average Bonchev–Trinajstić information content (AvgIpc) is 2.93. The number of aryl methyl sites for hydroxylation is 2. The Hall–Kier alpha value is -2.34. The number of benzene rings is 1. The number of hydrogen-bond acceptors (Lipinski definition) is 4. The van der Waals surface area contributed by atoms with Gasteiger partial charge in [0, 0.05) is 32.7 Å². The Labute approximate surface area is 147 Å². The van der Waals surface area contributed by atoms with E-state index in [1.165, 1.54) is 13.2 Å². The molecule has 3 rings (SSSR count). The molecule has 1 aromatic heterocycles. The second-order valence-corrected chi connectivity index (χ2v) is 6.36. The number of hydrogen-bond donors (Lipinski definition) is 0. The number of furan rings is 1. The van der Waals surface area contributed by atoms with Crippen molar-refractivity contribution in [2.75, 3.05) is 33.3 Å². The molecule has 0 atom stereocenters.